The van der Waals surface area contributed by atoms with Crippen molar-refractivity contribution in [1.29, 1.82) is 0 Å². The summed E-state index contributed by atoms with van der Waals surface area (Å²) in [5.41, 5.74) is 0. The van der Waals surface area contributed by atoms with Crippen molar-refractivity contribution in [3.05, 3.63) is 6.20 Å². The zero-order chi connectivity index (χ0) is 9.19. The van der Waals surface area contributed by atoms with Gasteiger partial charge in [-0.2, -0.15) is 0 Å². The molecule has 0 N–H and O–H groups in total. The second-order valence-corrected chi connectivity index (χ2v) is 3.06. The summed E-state index contributed by atoms with van der Waals surface area (Å²) in [7, 11) is 0. The molecule has 0 saturated heterocycles. The SMILES string of the molecule is CCOc1ncc([B-](F)(F)F)s1. The summed E-state index contributed by atoms with van der Waals surface area (Å²) in [5, 5.41) is 0.0756. The molecule has 0 amide bonds. The van der Waals surface area contributed by atoms with E-state index >= 15 is 0 Å². The summed E-state index contributed by atoms with van der Waals surface area (Å²) >= 11 is 0.534. The molecule has 1 rings (SSSR count). The average Bonchev–Trinajstić information content (AvgIpc) is 2.35. The fourth-order valence-corrected chi connectivity index (χ4v) is 1.33. The van der Waals surface area contributed by atoms with Gasteiger partial charge in [0.1, 0.15) is 0 Å². The van der Waals surface area contributed by atoms with Crippen LogP contribution in [0.25, 0.3) is 0 Å². The van der Waals surface area contributed by atoms with E-state index in [1.54, 1.807) is 6.92 Å². The molecule has 12 heavy (non-hydrogen) atoms. The molecule has 1 aromatic rings. The van der Waals surface area contributed by atoms with Gasteiger partial charge in [-0.15, -0.1) is 11.3 Å². The van der Waals surface area contributed by atoms with E-state index in [0.717, 1.165) is 6.20 Å². The van der Waals surface area contributed by atoms with Crippen molar-refractivity contribution in [2.45, 2.75) is 6.92 Å². The van der Waals surface area contributed by atoms with Crippen LogP contribution in [0, 0.1) is 0 Å². The second kappa shape index (κ2) is 3.34. The topological polar surface area (TPSA) is 22.1 Å². The highest BCUT2D eigenvalue weighted by Gasteiger charge is 2.28. The molecule has 0 aliphatic carbocycles. The van der Waals surface area contributed by atoms with E-state index in [1.807, 2.05) is 0 Å². The molecule has 0 atom stereocenters. The molecule has 0 radical (unpaired) electrons. The van der Waals surface area contributed by atoms with Crippen LogP contribution in [-0.2, 0) is 0 Å². The number of hydrogen-bond donors (Lipinski definition) is 0. The Hall–Kier alpha value is -0.715. The summed E-state index contributed by atoms with van der Waals surface area (Å²) in [5.74, 6) is 0. The van der Waals surface area contributed by atoms with E-state index in [0.29, 0.717) is 17.9 Å². The molecule has 7 heteroatoms. The molecular weight excluding hydrogens is 190 g/mol. The molecule has 0 fully saturated rings. The number of ether oxygens (including phenoxy) is 1. The number of rotatable bonds is 3. The largest absolute Gasteiger partial charge is 0.521 e. The van der Waals surface area contributed by atoms with Crippen LogP contribution >= 0.6 is 11.3 Å². The van der Waals surface area contributed by atoms with Gasteiger partial charge in [0.15, 0.2) is 0 Å². The van der Waals surface area contributed by atoms with Crippen molar-refractivity contribution in [1.82, 2.24) is 4.98 Å². The van der Waals surface area contributed by atoms with Crippen molar-refractivity contribution >= 4 is 23.1 Å². The molecule has 0 bridgehead atoms. The van der Waals surface area contributed by atoms with Crippen molar-refractivity contribution in [3.8, 4) is 5.19 Å². The summed E-state index contributed by atoms with van der Waals surface area (Å²) in [6.07, 6.45) is 0.801. The van der Waals surface area contributed by atoms with E-state index in [-0.39, 0.29) is 5.19 Å². The average molecular weight is 196 g/mol. The van der Waals surface area contributed by atoms with Gasteiger partial charge in [-0.3, -0.25) is 0 Å². The minimum absolute atomic E-state index is 0.0756. The Morgan fingerprint density at radius 3 is 2.67 bits per heavy atom. The van der Waals surface area contributed by atoms with Crippen molar-refractivity contribution in [2.75, 3.05) is 6.61 Å². The molecule has 68 valence electrons. The van der Waals surface area contributed by atoms with Crippen LogP contribution in [0.4, 0.5) is 12.9 Å². The van der Waals surface area contributed by atoms with Crippen LogP contribution in [0.3, 0.4) is 0 Å². The first-order valence-corrected chi connectivity index (χ1v) is 4.14. The second-order valence-electron chi connectivity index (χ2n) is 2.04. The molecule has 2 nitrogen and oxygen atoms in total. The zero-order valence-electron chi connectivity index (χ0n) is 6.26. The number of thiazole rings is 1. The number of hydrogen-bond acceptors (Lipinski definition) is 3. The fraction of sp³-hybridized carbons (Fsp3) is 0.400. The van der Waals surface area contributed by atoms with Gasteiger partial charge in [0.05, 0.1) is 6.61 Å². The van der Waals surface area contributed by atoms with Crippen LogP contribution in [-0.4, -0.2) is 18.6 Å². The number of nitrogens with zero attached hydrogens (tertiary/aromatic N) is 1. The highest BCUT2D eigenvalue weighted by molar-refractivity contribution is 7.24. The normalized spacial score (nSPS) is 11.7. The van der Waals surface area contributed by atoms with Gasteiger partial charge in [0.2, 0.25) is 0 Å². The first-order chi connectivity index (χ1) is 5.54. The Balaban J connectivity index is 2.77. The van der Waals surface area contributed by atoms with Gasteiger partial charge in [-0.1, -0.05) is 0 Å². The lowest BCUT2D eigenvalue weighted by atomic mass is 9.91. The molecule has 0 saturated carbocycles. The number of halogens is 3. The monoisotopic (exact) mass is 196 g/mol. The van der Waals surface area contributed by atoms with Crippen molar-refractivity contribution in [2.24, 2.45) is 0 Å². The predicted octanol–water partition coefficient (Wildman–Crippen LogP) is 1.60. The van der Waals surface area contributed by atoms with E-state index in [4.69, 9.17) is 4.74 Å². The minimum atomic E-state index is -4.92. The summed E-state index contributed by atoms with van der Waals surface area (Å²) < 4.78 is 40.2. The van der Waals surface area contributed by atoms with Gasteiger partial charge in [0.25, 0.3) is 5.19 Å². The zero-order valence-corrected chi connectivity index (χ0v) is 7.08. The van der Waals surface area contributed by atoms with E-state index in [2.05, 4.69) is 4.98 Å². The van der Waals surface area contributed by atoms with Crippen LogP contribution < -0.4 is 9.51 Å². The first kappa shape index (κ1) is 9.37. The lowest BCUT2D eigenvalue weighted by molar-refractivity contribution is 0.338. The minimum Gasteiger partial charge on any atom is -0.470 e. The fourth-order valence-electron chi connectivity index (χ4n) is 0.611. The third-order valence-corrected chi connectivity index (χ3v) is 2.10. The van der Waals surface area contributed by atoms with Gasteiger partial charge < -0.3 is 17.7 Å². The standard InChI is InChI=1S/C5H6BF3NOS/c1-2-11-5-10-3-4(12-5)6(7,8)9/h3H,2H2,1H3/q-1. The molecule has 1 aromatic heterocycles. The Morgan fingerprint density at radius 1 is 1.58 bits per heavy atom. The molecule has 1 heterocycles. The maximum absolute atomic E-state index is 12.0. The Kier molecular flexibility index (Phi) is 2.61. The van der Waals surface area contributed by atoms with Crippen molar-refractivity contribution in [3.63, 3.8) is 0 Å². The predicted molar refractivity (Wildman–Crippen MR) is 42.0 cm³/mol. The van der Waals surface area contributed by atoms with Gasteiger partial charge in [-0.05, 0) is 11.7 Å². The van der Waals surface area contributed by atoms with Crippen LogP contribution in [0.5, 0.6) is 5.19 Å². The maximum Gasteiger partial charge on any atom is 0.521 e. The highest BCUT2D eigenvalue weighted by atomic mass is 32.1. The van der Waals surface area contributed by atoms with Crippen LogP contribution in [0.1, 0.15) is 6.92 Å². The molecule has 0 spiro atoms. The summed E-state index contributed by atoms with van der Waals surface area (Å²) in [6.45, 7) is -2.90. The van der Waals surface area contributed by atoms with Crippen molar-refractivity contribution < 1.29 is 17.7 Å². The summed E-state index contributed by atoms with van der Waals surface area (Å²) in [4.78, 5) is 3.46. The van der Waals surface area contributed by atoms with Gasteiger partial charge >= 0.3 is 6.98 Å². The Morgan fingerprint density at radius 2 is 2.25 bits per heavy atom. The molecule has 0 aliphatic rings. The molecule has 0 aromatic carbocycles. The lowest BCUT2D eigenvalue weighted by Gasteiger charge is -2.08. The van der Waals surface area contributed by atoms with Crippen LogP contribution in [0.15, 0.2) is 6.20 Å². The van der Waals surface area contributed by atoms with Gasteiger partial charge in [0, 0.05) is 6.20 Å². The molecule has 0 aliphatic heterocycles. The van der Waals surface area contributed by atoms with E-state index < -0.39 is 11.8 Å². The van der Waals surface area contributed by atoms with E-state index in [1.165, 1.54) is 0 Å². The Labute approximate surface area is 71.4 Å². The highest BCUT2D eigenvalue weighted by Crippen LogP contribution is 2.18. The molecule has 0 unspecified atom stereocenters. The summed E-state index contributed by atoms with van der Waals surface area (Å²) in [6, 6.07) is 0. The quantitative estimate of drug-likeness (QED) is 0.684. The smallest absolute Gasteiger partial charge is 0.470 e. The molecular formula is C5H6BF3NOS-. The van der Waals surface area contributed by atoms with Gasteiger partial charge in [-0.25, -0.2) is 4.98 Å². The Bertz CT molecular complexity index is 261. The third-order valence-electron chi connectivity index (χ3n) is 1.09. The lowest BCUT2D eigenvalue weighted by Crippen LogP contribution is -2.30. The number of aromatic nitrogens is 1. The maximum atomic E-state index is 12.0. The first-order valence-electron chi connectivity index (χ1n) is 3.32. The van der Waals surface area contributed by atoms with E-state index in [9.17, 15) is 12.9 Å². The third kappa shape index (κ3) is 2.13. The van der Waals surface area contributed by atoms with Crippen LogP contribution in [0.2, 0.25) is 0 Å².